The van der Waals surface area contributed by atoms with Gasteiger partial charge in [-0.05, 0) is 37.3 Å². The van der Waals surface area contributed by atoms with Crippen molar-refractivity contribution >= 4 is 23.5 Å². The van der Waals surface area contributed by atoms with Gasteiger partial charge in [0, 0.05) is 10.6 Å². The van der Waals surface area contributed by atoms with Gasteiger partial charge in [-0.3, -0.25) is 4.79 Å². The van der Waals surface area contributed by atoms with E-state index < -0.39 is 18.0 Å². The molecule has 0 aliphatic carbocycles. The first-order valence-corrected chi connectivity index (χ1v) is 7.34. The largest absolute Gasteiger partial charge is 0.481 e. The highest BCUT2D eigenvalue weighted by Crippen LogP contribution is 2.31. The first-order valence-electron chi connectivity index (χ1n) is 6.96. The van der Waals surface area contributed by atoms with Crippen LogP contribution in [0.2, 0.25) is 5.02 Å². The Morgan fingerprint density at radius 2 is 2.00 bits per heavy atom. The van der Waals surface area contributed by atoms with Crippen LogP contribution in [0, 0.1) is 0 Å². The first kappa shape index (κ1) is 17.1. The summed E-state index contributed by atoms with van der Waals surface area (Å²) in [5.74, 6) is -1.21. The molecule has 1 atom stereocenters. The zero-order valence-electron chi connectivity index (χ0n) is 12.4. The van der Waals surface area contributed by atoms with E-state index >= 15 is 0 Å². The average molecular weight is 338 g/mol. The smallest absolute Gasteiger partial charge is 0.341 e. The number of benzene rings is 1. The van der Waals surface area contributed by atoms with Gasteiger partial charge in [0.15, 0.2) is 0 Å². The lowest BCUT2D eigenvalue weighted by Crippen LogP contribution is -2.17. The molecule has 0 saturated heterocycles. The fourth-order valence-corrected chi connectivity index (χ4v) is 2.21. The molecule has 0 amide bonds. The van der Waals surface area contributed by atoms with Gasteiger partial charge in [-0.1, -0.05) is 11.6 Å². The minimum absolute atomic E-state index is 0.0933. The third-order valence-corrected chi connectivity index (χ3v) is 3.37. The molecule has 1 aromatic carbocycles. The van der Waals surface area contributed by atoms with Crippen molar-refractivity contribution < 1.29 is 23.8 Å². The molecule has 1 heterocycles. The number of hydrogen-bond donors (Lipinski definition) is 2. The van der Waals surface area contributed by atoms with Crippen LogP contribution in [0.4, 0.5) is 0 Å². The van der Waals surface area contributed by atoms with Crippen molar-refractivity contribution in [1.82, 2.24) is 0 Å². The van der Waals surface area contributed by atoms with E-state index in [-0.39, 0.29) is 24.4 Å². The summed E-state index contributed by atoms with van der Waals surface area (Å²) in [6.07, 6.45) is -0.361. The first-order chi connectivity index (χ1) is 10.9. The fraction of sp³-hybridized carbons (Fsp3) is 0.250. The predicted molar refractivity (Wildman–Crippen MR) is 84.3 cm³/mol. The van der Waals surface area contributed by atoms with Crippen LogP contribution in [0.15, 0.2) is 34.7 Å². The molecule has 1 aromatic heterocycles. The monoisotopic (exact) mass is 337 g/mol. The van der Waals surface area contributed by atoms with E-state index in [0.717, 1.165) is 0 Å². The Balaban J connectivity index is 2.44. The van der Waals surface area contributed by atoms with Gasteiger partial charge < -0.3 is 20.0 Å². The Morgan fingerprint density at radius 1 is 1.35 bits per heavy atom. The number of hydrogen-bond acceptors (Lipinski definition) is 5. The Bertz CT molecular complexity index is 708. The lowest BCUT2D eigenvalue weighted by molar-refractivity contribution is -0.137. The lowest BCUT2D eigenvalue weighted by Gasteiger charge is -2.08. The lowest BCUT2D eigenvalue weighted by atomic mass is 10.1. The fourth-order valence-electron chi connectivity index (χ4n) is 2.09. The Kier molecular flexibility index (Phi) is 5.41. The molecular formula is C16H16ClNO5. The van der Waals surface area contributed by atoms with E-state index in [0.29, 0.717) is 16.3 Å². The normalized spacial score (nSPS) is 12.0. The van der Waals surface area contributed by atoms with Crippen LogP contribution in [0.5, 0.6) is 0 Å². The van der Waals surface area contributed by atoms with Crippen molar-refractivity contribution in [2.24, 2.45) is 5.73 Å². The number of rotatable bonds is 6. The molecule has 0 spiro atoms. The maximum Gasteiger partial charge on any atom is 0.341 e. The second-order valence-corrected chi connectivity index (χ2v) is 5.26. The van der Waals surface area contributed by atoms with Gasteiger partial charge in [-0.15, -0.1) is 0 Å². The highest BCUT2D eigenvalue weighted by molar-refractivity contribution is 6.30. The molecular weight excluding hydrogens is 322 g/mol. The molecule has 23 heavy (non-hydrogen) atoms. The Hall–Kier alpha value is -2.31. The molecule has 0 radical (unpaired) electrons. The number of carbonyl (C=O) groups is 2. The molecule has 2 rings (SSSR count). The summed E-state index contributed by atoms with van der Waals surface area (Å²) in [6.45, 7) is 1.86. The van der Waals surface area contributed by atoms with Crippen molar-refractivity contribution in [2.75, 3.05) is 6.61 Å². The molecule has 0 fully saturated rings. The molecule has 0 saturated carbocycles. The summed E-state index contributed by atoms with van der Waals surface area (Å²) < 4.78 is 10.6. The van der Waals surface area contributed by atoms with E-state index in [4.69, 9.17) is 31.6 Å². The van der Waals surface area contributed by atoms with Crippen molar-refractivity contribution in [3.63, 3.8) is 0 Å². The Morgan fingerprint density at radius 3 is 2.57 bits per heavy atom. The standard InChI is InChI=1S/C16H16ClNO5/c1-2-22-16(21)11-7-13(9-3-5-10(17)6-4-9)23-15(11)12(18)8-14(19)20/h3-7,12H,2,8,18H2,1H3,(H,19,20). The number of carbonyl (C=O) groups excluding carboxylic acids is 1. The second-order valence-electron chi connectivity index (χ2n) is 4.82. The maximum atomic E-state index is 12.0. The molecule has 122 valence electrons. The van der Waals surface area contributed by atoms with Crippen molar-refractivity contribution in [1.29, 1.82) is 0 Å². The zero-order valence-corrected chi connectivity index (χ0v) is 13.2. The van der Waals surface area contributed by atoms with Crippen LogP contribution in [0.1, 0.15) is 35.5 Å². The number of furan rings is 1. The summed E-state index contributed by atoms with van der Waals surface area (Å²) in [5, 5.41) is 9.44. The molecule has 0 bridgehead atoms. The third kappa shape index (κ3) is 4.12. The molecule has 6 nitrogen and oxygen atoms in total. The van der Waals surface area contributed by atoms with Crippen LogP contribution in [0.25, 0.3) is 11.3 Å². The molecule has 1 unspecified atom stereocenters. The maximum absolute atomic E-state index is 12.0. The minimum Gasteiger partial charge on any atom is -0.481 e. The number of aliphatic carboxylic acids is 1. The number of carboxylic acids is 1. The number of halogens is 1. The quantitative estimate of drug-likeness (QED) is 0.784. The van der Waals surface area contributed by atoms with E-state index in [2.05, 4.69) is 0 Å². The van der Waals surface area contributed by atoms with Crippen molar-refractivity contribution in [3.05, 3.63) is 46.7 Å². The highest BCUT2D eigenvalue weighted by Gasteiger charge is 2.25. The number of nitrogens with two attached hydrogens (primary N) is 1. The summed E-state index contributed by atoms with van der Waals surface area (Å²) in [5.41, 5.74) is 6.66. The second kappa shape index (κ2) is 7.30. The van der Waals surface area contributed by atoms with Crippen LogP contribution < -0.4 is 5.73 Å². The highest BCUT2D eigenvalue weighted by atomic mass is 35.5. The summed E-state index contributed by atoms with van der Waals surface area (Å²) in [7, 11) is 0. The minimum atomic E-state index is -1.09. The molecule has 0 aliphatic heterocycles. The summed E-state index contributed by atoms with van der Waals surface area (Å²) in [4.78, 5) is 22.9. The van der Waals surface area contributed by atoms with Gasteiger partial charge in [-0.25, -0.2) is 4.79 Å². The van der Waals surface area contributed by atoms with Gasteiger partial charge in [0.05, 0.1) is 19.1 Å². The number of carboxylic acid groups (broad SMARTS) is 1. The van der Waals surface area contributed by atoms with Crippen LogP contribution >= 0.6 is 11.6 Å². The van der Waals surface area contributed by atoms with Gasteiger partial charge in [0.2, 0.25) is 0 Å². The van der Waals surface area contributed by atoms with Gasteiger partial charge in [0.25, 0.3) is 0 Å². The van der Waals surface area contributed by atoms with Crippen LogP contribution in [0.3, 0.4) is 0 Å². The van der Waals surface area contributed by atoms with Crippen molar-refractivity contribution in [2.45, 2.75) is 19.4 Å². The van der Waals surface area contributed by atoms with Crippen LogP contribution in [-0.4, -0.2) is 23.7 Å². The molecule has 3 N–H and O–H groups in total. The van der Waals surface area contributed by atoms with Crippen LogP contribution in [-0.2, 0) is 9.53 Å². The van der Waals surface area contributed by atoms with E-state index in [1.54, 1.807) is 31.2 Å². The zero-order chi connectivity index (χ0) is 17.0. The van der Waals surface area contributed by atoms with E-state index in [9.17, 15) is 9.59 Å². The third-order valence-electron chi connectivity index (χ3n) is 3.12. The Labute approximate surface area is 137 Å². The SMILES string of the molecule is CCOC(=O)c1cc(-c2ccc(Cl)cc2)oc1C(N)CC(=O)O. The summed E-state index contributed by atoms with van der Waals surface area (Å²) >= 11 is 5.85. The van der Waals surface area contributed by atoms with E-state index in [1.807, 2.05) is 0 Å². The van der Waals surface area contributed by atoms with E-state index in [1.165, 1.54) is 6.07 Å². The van der Waals surface area contributed by atoms with Gasteiger partial charge in [-0.2, -0.15) is 0 Å². The number of ether oxygens (including phenoxy) is 1. The van der Waals surface area contributed by atoms with Crippen molar-refractivity contribution in [3.8, 4) is 11.3 Å². The summed E-state index contributed by atoms with van der Waals surface area (Å²) in [6, 6.07) is 7.36. The molecule has 0 aliphatic rings. The molecule has 2 aromatic rings. The predicted octanol–water partition coefficient (Wildman–Crippen LogP) is 3.25. The number of esters is 1. The molecule has 7 heteroatoms. The average Bonchev–Trinajstić information content (AvgIpc) is 2.93. The van der Waals surface area contributed by atoms with Gasteiger partial charge >= 0.3 is 11.9 Å². The topological polar surface area (TPSA) is 103 Å². The van der Waals surface area contributed by atoms with Gasteiger partial charge in [0.1, 0.15) is 17.1 Å².